The predicted octanol–water partition coefficient (Wildman–Crippen LogP) is 6.07. The second kappa shape index (κ2) is 11.3. The van der Waals surface area contributed by atoms with Crippen molar-refractivity contribution in [2.45, 2.75) is 51.6 Å². The van der Waals surface area contributed by atoms with Crippen molar-refractivity contribution in [1.82, 2.24) is 4.98 Å². The summed E-state index contributed by atoms with van der Waals surface area (Å²) in [4.78, 5) is 4.20. The molecule has 0 aliphatic heterocycles. The molecule has 0 amide bonds. The van der Waals surface area contributed by atoms with Gasteiger partial charge in [0.1, 0.15) is 17.2 Å². The van der Waals surface area contributed by atoms with Crippen LogP contribution in [0.2, 0.25) is 0 Å². The third-order valence-electron chi connectivity index (χ3n) is 3.95. The van der Waals surface area contributed by atoms with Gasteiger partial charge in [-0.25, -0.2) is 4.98 Å². The van der Waals surface area contributed by atoms with Crippen LogP contribution in [-0.2, 0) is 0 Å². The number of unbranched alkanes of at least 4 members (excludes halogenated alkanes) is 4. The molecule has 1 heterocycles. The summed E-state index contributed by atoms with van der Waals surface area (Å²) in [5.41, 5.74) is 1.02. The highest BCUT2D eigenvalue weighted by Crippen LogP contribution is 2.27. The maximum Gasteiger partial charge on any atom is 0.461 e. The molecule has 0 unspecified atom stereocenters. The molecule has 0 aliphatic rings. The fourth-order valence-corrected chi connectivity index (χ4v) is 2.38. The molecular formula is C22H23F4NO2. The second-order valence-electron chi connectivity index (χ2n) is 6.38. The van der Waals surface area contributed by atoms with Crippen LogP contribution < -0.4 is 9.47 Å². The van der Waals surface area contributed by atoms with Crippen LogP contribution in [0.1, 0.15) is 50.3 Å². The Hall–Kier alpha value is -2.75. The summed E-state index contributed by atoms with van der Waals surface area (Å²) in [6.07, 6.45) is -1.02. The van der Waals surface area contributed by atoms with E-state index in [2.05, 4.69) is 28.5 Å². The Morgan fingerprint density at radius 1 is 0.931 bits per heavy atom. The Morgan fingerprint density at radius 3 is 2.24 bits per heavy atom. The van der Waals surface area contributed by atoms with E-state index in [9.17, 15) is 17.6 Å². The van der Waals surface area contributed by atoms with Crippen LogP contribution >= 0.6 is 0 Å². The molecule has 1 aromatic heterocycles. The molecule has 0 saturated carbocycles. The quantitative estimate of drug-likeness (QED) is 0.271. The van der Waals surface area contributed by atoms with E-state index in [1.165, 1.54) is 31.4 Å². The minimum Gasteiger partial charge on any atom is -0.492 e. The van der Waals surface area contributed by atoms with Crippen LogP contribution in [0.4, 0.5) is 17.6 Å². The van der Waals surface area contributed by atoms with Gasteiger partial charge in [-0.05, 0) is 48.7 Å². The van der Waals surface area contributed by atoms with E-state index in [0.717, 1.165) is 25.0 Å². The predicted molar refractivity (Wildman–Crippen MR) is 102 cm³/mol. The maximum absolute atomic E-state index is 12.9. The average molecular weight is 409 g/mol. The van der Waals surface area contributed by atoms with Gasteiger partial charge >= 0.3 is 12.5 Å². The third kappa shape index (κ3) is 8.02. The number of nitrogens with zero attached hydrogens (tertiary/aromatic N) is 1. The molecule has 2 rings (SSSR count). The van der Waals surface area contributed by atoms with Gasteiger partial charge in [0.15, 0.2) is 0 Å². The van der Waals surface area contributed by atoms with E-state index < -0.39 is 12.5 Å². The number of hydrogen-bond acceptors (Lipinski definition) is 3. The van der Waals surface area contributed by atoms with E-state index in [-0.39, 0.29) is 5.75 Å². The first-order chi connectivity index (χ1) is 13.9. The van der Waals surface area contributed by atoms with Crippen molar-refractivity contribution in [2.24, 2.45) is 0 Å². The number of hydrogen-bond donors (Lipinski definition) is 0. The number of pyridine rings is 1. The van der Waals surface area contributed by atoms with Crippen molar-refractivity contribution in [1.29, 1.82) is 0 Å². The molecule has 29 heavy (non-hydrogen) atoms. The van der Waals surface area contributed by atoms with Crippen LogP contribution in [0, 0.1) is 11.8 Å². The van der Waals surface area contributed by atoms with Crippen molar-refractivity contribution < 1.29 is 27.0 Å². The molecule has 0 saturated heterocycles. The maximum atomic E-state index is 12.9. The highest BCUT2D eigenvalue weighted by molar-refractivity contribution is 5.42. The Balaban J connectivity index is 1.85. The smallest absolute Gasteiger partial charge is 0.461 e. The lowest BCUT2D eigenvalue weighted by molar-refractivity contribution is -0.253. The Labute approximate surface area is 168 Å². The largest absolute Gasteiger partial charge is 0.492 e. The summed E-state index contributed by atoms with van der Waals surface area (Å²) in [7, 11) is 0. The van der Waals surface area contributed by atoms with Crippen molar-refractivity contribution in [2.75, 3.05) is 6.61 Å². The lowest BCUT2D eigenvalue weighted by Crippen LogP contribution is -2.33. The number of halogens is 4. The molecule has 3 nitrogen and oxygen atoms in total. The van der Waals surface area contributed by atoms with Gasteiger partial charge in [0, 0.05) is 5.56 Å². The molecule has 7 heteroatoms. The summed E-state index contributed by atoms with van der Waals surface area (Å²) in [5.74, 6) is 5.97. The number of alkyl halides is 4. The van der Waals surface area contributed by atoms with E-state index >= 15 is 0 Å². The monoisotopic (exact) mass is 409 g/mol. The standard InChI is InChI=1S/C22H23F4NO2/c1-2-3-4-5-6-15-28-20-14-11-18(27-16-20)10-7-17-8-12-19(13-9-17)29-22(25,26)21(23)24/h8-9,11-14,16,21H,2-6,15H2,1H3. The normalized spacial score (nSPS) is 11.1. The Kier molecular flexibility index (Phi) is 8.78. The molecule has 156 valence electrons. The van der Waals surface area contributed by atoms with Crippen molar-refractivity contribution in [3.8, 4) is 23.3 Å². The third-order valence-corrected chi connectivity index (χ3v) is 3.95. The first-order valence-electron chi connectivity index (χ1n) is 9.46. The van der Waals surface area contributed by atoms with E-state index in [1.54, 1.807) is 18.3 Å². The fourth-order valence-electron chi connectivity index (χ4n) is 2.38. The van der Waals surface area contributed by atoms with Crippen molar-refractivity contribution in [3.05, 3.63) is 53.9 Å². The average Bonchev–Trinajstić information content (AvgIpc) is 2.70. The van der Waals surface area contributed by atoms with E-state index in [0.29, 0.717) is 23.6 Å². The fraction of sp³-hybridized carbons (Fsp3) is 0.409. The molecule has 0 radical (unpaired) electrons. The summed E-state index contributed by atoms with van der Waals surface area (Å²) in [6, 6.07) is 8.63. The van der Waals surface area contributed by atoms with Crippen molar-refractivity contribution >= 4 is 0 Å². The van der Waals surface area contributed by atoms with Gasteiger partial charge in [-0.15, -0.1) is 0 Å². The minimum absolute atomic E-state index is 0.366. The second-order valence-corrected chi connectivity index (χ2v) is 6.38. The highest BCUT2D eigenvalue weighted by Gasteiger charge is 2.43. The van der Waals surface area contributed by atoms with Gasteiger partial charge in [-0.3, -0.25) is 0 Å². The molecular weight excluding hydrogens is 386 g/mol. The van der Waals surface area contributed by atoms with Crippen LogP contribution in [-0.4, -0.2) is 24.1 Å². The highest BCUT2D eigenvalue weighted by atomic mass is 19.3. The molecule has 0 atom stereocenters. The first kappa shape index (κ1) is 22.5. The van der Waals surface area contributed by atoms with E-state index in [4.69, 9.17) is 4.74 Å². The van der Waals surface area contributed by atoms with Crippen LogP contribution in [0.25, 0.3) is 0 Å². The summed E-state index contributed by atoms with van der Waals surface area (Å²) < 4.78 is 59.6. The van der Waals surface area contributed by atoms with Crippen LogP contribution in [0.3, 0.4) is 0 Å². The minimum atomic E-state index is -4.53. The first-order valence-corrected chi connectivity index (χ1v) is 9.46. The lowest BCUT2D eigenvalue weighted by Gasteiger charge is -2.16. The van der Waals surface area contributed by atoms with E-state index in [1.807, 2.05) is 0 Å². The van der Waals surface area contributed by atoms with Gasteiger partial charge in [-0.2, -0.15) is 17.6 Å². The van der Waals surface area contributed by atoms with Crippen molar-refractivity contribution in [3.63, 3.8) is 0 Å². The van der Waals surface area contributed by atoms with Gasteiger partial charge in [0.25, 0.3) is 0 Å². The summed E-state index contributed by atoms with van der Waals surface area (Å²) >= 11 is 0. The molecule has 0 fully saturated rings. The molecule has 0 N–H and O–H groups in total. The van der Waals surface area contributed by atoms with Gasteiger partial charge < -0.3 is 9.47 Å². The zero-order valence-electron chi connectivity index (χ0n) is 16.1. The molecule has 0 bridgehead atoms. The topological polar surface area (TPSA) is 31.4 Å². The zero-order valence-corrected chi connectivity index (χ0v) is 16.1. The molecule has 0 aliphatic carbocycles. The van der Waals surface area contributed by atoms with Gasteiger partial charge in [-0.1, -0.05) is 38.5 Å². The molecule has 1 aromatic carbocycles. The molecule has 2 aromatic rings. The van der Waals surface area contributed by atoms with Crippen LogP contribution in [0.15, 0.2) is 42.6 Å². The summed E-state index contributed by atoms with van der Waals surface area (Å²) in [6.45, 7) is 2.82. The Bertz CT molecular complexity index is 796. The number of benzene rings is 1. The SMILES string of the molecule is CCCCCCCOc1ccc(C#Cc2ccc(OC(F)(F)C(F)F)cc2)nc1. The number of rotatable bonds is 10. The van der Waals surface area contributed by atoms with Gasteiger partial charge in [0.05, 0.1) is 12.8 Å². The van der Waals surface area contributed by atoms with Gasteiger partial charge in [0.2, 0.25) is 0 Å². The summed E-state index contributed by atoms with van der Waals surface area (Å²) in [5, 5.41) is 0. The van der Waals surface area contributed by atoms with Crippen LogP contribution in [0.5, 0.6) is 11.5 Å². The lowest BCUT2D eigenvalue weighted by atomic mass is 10.2. The molecule has 0 spiro atoms. The zero-order chi connectivity index (χ0) is 21.1. The number of ether oxygens (including phenoxy) is 2. The number of aromatic nitrogens is 1. The Morgan fingerprint density at radius 2 is 1.62 bits per heavy atom.